The van der Waals surface area contributed by atoms with Crippen LogP contribution < -0.4 is 11.5 Å². The Morgan fingerprint density at radius 1 is 1.17 bits per heavy atom. The average Bonchev–Trinajstić information content (AvgIpc) is 2.38. The number of anilines is 2. The van der Waals surface area contributed by atoms with Gasteiger partial charge >= 0.3 is 0 Å². The molecule has 0 spiro atoms. The van der Waals surface area contributed by atoms with Gasteiger partial charge in [-0.25, -0.2) is 4.98 Å². The van der Waals surface area contributed by atoms with E-state index in [0.29, 0.717) is 17.8 Å². The molecule has 0 radical (unpaired) electrons. The van der Waals surface area contributed by atoms with Crippen LogP contribution in [0, 0.1) is 0 Å². The molecule has 1 aromatic carbocycles. The fraction of sp³-hybridized carbons (Fsp3) is 0.154. The van der Waals surface area contributed by atoms with Crippen molar-refractivity contribution in [1.82, 2.24) is 9.97 Å². The molecule has 2 rings (SSSR count). The number of rotatable bonds is 3. The quantitative estimate of drug-likeness (QED) is 0.798. The summed E-state index contributed by atoms with van der Waals surface area (Å²) < 4.78 is 0. The van der Waals surface area contributed by atoms with Crippen molar-refractivity contribution in [2.45, 2.75) is 13.3 Å². The van der Waals surface area contributed by atoms with Crippen LogP contribution in [0.5, 0.6) is 0 Å². The summed E-state index contributed by atoms with van der Waals surface area (Å²) in [5.41, 5.74) is 14.6. The Morgan fingerprint density at radius 2 is 1.83 bits per heavy atom. The molecule has 0 unspecified atom stereocenters. The van der Waals surface area contributed by atoms with Crippen LogP contribution >= 0.6 is 0 Å². The summed E-state index contributed by atoms with van der Waals surface area (Å²) in [7, 11) is 0. The standard InChI is InChI=1S/C13H14N4O/c1-2-10-11(12(14)17-13(15)16-10)9-5-3-8(7-18)4-6-9/h3-7H,2H2,1H3,(H4,14,15,16,17). The third-order valence-corrected chi connectivity index (χ3v) is 2.70. The average molecular weight is 242 g/mol. The largest absolute Gasteiger partial charge is 0.383 e. The van der Waals surface area contributed by atoms with Crippen molar-refractivity contribution in [2.24, 2.45) is 0 Å². The Balaban J connectivity index is 2.58. The molecule has 2 aromatic rings. The highest BCUT2D eigenvalue weighted by Gasteiger charge is 2.12. The van der Waals surface area contributed by atoms with Gasteiger partial charge in [-0.3, -0.25) is 4.79 Å². The van der Waals surface area contributed by atoms with E-state index in [9.17, 15) is 4.79 Å². The number of carbonyl (C=O) groups excluding carboxylic acids is 1. The maximum atomic E-state index is 10.6. The zero-order chi connectivity index (χ0) is 13.1. The molecule has 0 amide bonds. The number of aryl methyl sites for hydroxylation is 1. The Morgan fingerprint density at radius 3 is 2.39 bits per heavy atom. The van der Waals surface area contributed by atoms with Gasteiger partial charge in [0.05, 0.1) is 5.69 Å². The molecule has 1 aromatic heterocycles. The normalized spacial score (nSPS) is 10.3. The number of hydrogen-bond donors (Lipinski definition) is 2. The van der Waals surface area contributed by atoms with Gasteiger partial charge in [0.15, 0.2) is 0 Å². The van der Waals surface area contributed by atoms with Crippen molar-refractivity contribution in [1.29, 1.82) is 0 Å². The van der Waals surface area contributed by atoms with Gasteiger partial charge in [0.25, 0.3) is 0 Å². The lowest BCUT2D eigenvalue weighted by molar-refractivity contribution is 0.112. The van der Waals surface area contributed by atoms with Crippen molar-refractivity contribution in [2.75, 3.05) is 11.5 Å². The second-order valence-electron chi connectivity index (χ2n) is 3.88. The number of hydrogen-bond acceptors (Lipinski definition) is 5. The lowest BCUT2D eigenvalue weighted by atomic mass is 10.0. The third-order valence-electron chi connectivity index (χ3n) is 2.70. The molecule has 0 fully saturated rings. The predicted octanol–water partition coefficient (Wildman–Crippen LogP) is 1.68. The van der Waals surface area contributed by atoms with E-state index in [2.05, 4.69) is 9.97 Å². The van der Waals surface area contributed by atoms with E-state index in [1.54, 1.807) is 12.1 Å². The number of aromatic nitrogens is 2. The highest BCUT2D eigenvalue weighted by Crippen LogP contribution is 2.28. The molecule has 5 heteroatoms. The fourth-order valence-electron chi connectivity index (χ4n) is 1.85. The molecule has 0 saturated heterocycles. The number of carbonyl (C=O) groups is 1. The van der Waals surface area contributed by atoms with Crippen molar-refractivity contribution in [3.05, 3.63) is 35.5 Å². The van der Waals surface area contributed by atoms with E-state index in [-0.39, 0.29) is 5.95 Å². The first kappa shape index (κ1) is 12.0. The summed E-state index contributed by atoms with van der Waals surface area (Å²) in [4.78, 5) is 18.8. The molecule has 0 bridgehead atoms. The molecule has 18 heavy (non-hydrogen) atoms. The van der Waals surface area contributed by atoms with Crippen LogP contribution in [0.25, 0.3) is 11.1 Å². The summed E-state index contributed by atoms with van der Waals surface area (Å²) in [6.07, 6.45) is 1.51. The van der Waals surface area contributed by atoms with Crippen LogP contribution in [0.15, 0.2) is 24.3 Å². The molecule has 5 nitrogen and oxygen atoms in total. The van der Waals surface area contributed by atoms with Gasteiger partial charge < -0.3 is 11.5 Å². The van der Waals surface area contributed by atoms with Gasteiger partial charge in [-0.05, 0) is 12.0 Å². The van der Waals surface area contributed by atoms with E-state index in [4.69, 9.17) is 11.5 Å². The Kier molecular flexibility index (Phi) is 3.23. The minimum Gasteiger partial charge on any atom is -0.383 e. The van der Waals surface area contributed by atoms with Crippen molar-refractivity contribution >= 4 is 18.1 Å². The number of nitrogens with zero attached hydrogens (tertiary/aromatic N) is 2. The minimum absolute atomic E-state index is 0.178. The first-order chi connectivity index (χ1) is 8.65. The van der Waals surface area contributed by atoms with Gasteiger partial charge in [-0.2, -0.15) is 4.98 Å². The summed E-state index contributed by atoms with van der Waals surface area (Å²) in [5, 5.41) is 0. The Hall–Kier alpha value is -2.43. The molecular weight excluding hydrogens is 228 g/mol. The molecule has 92 valence electrons. The summed E-state index contributed by atoms with van der Waals surface area (Å²) in [5.74, 6) is 0.538. The zero-order valence-corrected chi connectivity index (χ0v) is 10.1. The van der Waals surface area contributed by atoms with E-state index < -0.39 is 0 Å². The number of nitrogens with two attached hydrogens (primary N) is 2. The minimum atomic E-state index is 0.178. The lowest BCUT2D eigenvalue weighted by Crippen LogP contribution is -2.06. The van der Waals surface area contributed by atoms with E-state index in [1.165, 1.54) is 0 Å². The fourth-order valence-corrected chi connectivity index (χ4v) is 1.85. The monoisotopic (exact) mass is 242 g/mol. The number of benzene rings is 1. The summed E-state index contributed by atoms with van der Waals surface area (Å²) in [6, 6.07) is 7.12. The van der Waals surface area contributed by atoms with E-state index >= 15 is 0 Å². The zero-order valence-electron chi connectivity index (χ0n) is 10.1. The SMILES string of the molecule is CCc1nc(N)nc(N)c1-c1ccc(C=O)cc1. The second kappa shape index (κ2) is 4.83. The smallest absolute Gasteiger partial charge is 0.222 e. The Labute approximate surface area is 105 Å². The topological polar surface area (TPSA) is 94.9 Å². The van der Waals surface area contributed by atoms with Gasteiger partial charge in [0.1, 0.15) is 12.1 Å². The van der Waals surface area contributed by atoms with Crippen LogP contribution in [0.3, 0.4) is 0 Å². The van der Waals surface area contributed by atoms with E-state index in [0.717, 1.165) is 23.1 Å². The maximum Gasteiger partial charge on any atom is 0.222 e. The third kappa shape index (κ3) is 2.15. The van der Waals surface area contributed by atoms with Crippen molar-refractivity contribution < 1.29 is 4.79 Å². The van der Waals surface area contributed by atoms with Crippen LogP contribution in [-0.2, 0) is 6.42 Å². The first-order valence-electron chi connectivity index (χ1n) is 5.63. The highest BCUT2D eigenvalue weighted by molar-refractivity contribution is 5.80. The lowest BCUT2D eigenvalue weighted by Gasteiger charge is -2.10. The molecule has 0 aliphatic carbocycles. The molecule has 1 heterocycles. The van der Waals surface area contributed by atoms with Crippen LogP contribution in [0.1, 0.15) is 23.0 Å². The van der Waals surface area contributed by atoms with Crippen LogP contribution in [0.4, 0.5) is 11.8 Å². The summed E-state index contributed by atoms with van der Waals surface area (Å²) in [6.45, 7) is 1.98. The molecule has 0 aliphatic heterocycles. The highest BCUT2D eigenvalue weighted by atomic mass is 16.1. The van der Waals surface area contributed by atoms with Gasteiger partial charge in [0.2, 0.25) is 5.95 Å². The van der Waals surface area contributed by atoms with Crippen molar-refractivity contribution in [3.8, 4) is 11.1 Å². The number of aldehydes is 1. The molecule has 0 saturated carbocycles. The van der Waals surface area contributed by atoms with Gasteiger partial charge in [0, 0.05) is 11.1 Å². The second-order valence-corrected chi connectivity index (χ2v) is 3.88. The van der Waals surface area contributed by atoms with Gasteiger partial charge in [-0.1, -0.05) is 31.2 Å². The summed E-state index contributed by atoms with van der Waals surface area (Å²) >= 11 is 0. The molecule has 4 N–H and O–H groups in total. The number of nitrogen functional groups attached to an aromatic ring is 2. The predicted molar refractivity (Wildman–Crippen MR) is 71.1 cm³/mol. The first-order valence-corrected chi connectivity index (χ1v) is 5.63. The maximum absolute atomic E-state index is 10.6. The van der Waals surface area contributed by atoms with Crippen LogP contribution in [0.2, 0.25) is 0 Å². The molecule has 0 aliphatic rings. The van der Waals surface area contributed by atoms with Crippen molar-refractivity contribution in [3.63, 3.8) is 0 Å². The molecular formula is C13H14N4O. The van der Waals surface area contributed by atoms with Crippen LogP contribution in [-0.4, -0.2) is 16.3 Å². The van der Waals surface area contributed by atoms with Gasteiger partial charge in [-0.15, -0.1) is 0 Å². The Bertz CT molecular complexity index is 578. The molecule has 0 atom stereocenters. The van der Waals surface area contributed by atoms with E-state index in [1.807, 2.05) is 19.1 Å².